The van der Waals surface area contributed by atoms with Crippen LogP contribution >= 0.6 is 11.6 Å². The van der Waals surface area contributed by atoms with Gasteiger partial charge in [-0.3, -0.25) is 4.79 Å². The summed E-state index contributed by atoms with van der Waals surface area (Å²) in [6.45, 7) is 0. The van der Waals surface area contributed by atoms with Gasteiger partial charge in [-0.25, -0.2) is 4.98 Å². The number of amides is 1. The van der Waals surface area contributed by atoms with E-state index in [1.54, 1.807) is 42.5 Å². The Labute approximate surface area is 115 Å². The van der Waals surface area contributed by atoms with Crippen molar-refractivity contribution in [2.45, 2.75) is 0 Å². The van der Waals surface area contributed by atoms with E-state index in [9.17, 15) is 4.79 Å². The minimum atomic E-state index is -0.268. The lowest BCUT2D eigenvalue weighted by Gasteiger charge is -2.01. The molecule has 0 spiro atoms. The standard InChI is InChI=1S/C14H11ClN2O2/c15-13-9-11(7-8-16-13)17-14(19)6-3-10-1-4-12(18)5-2-10/h1-9,18H,(H,16,17,19)/b6-3+. The number of nitrogens with zero attached hydrogens (tertiary/aromatic N) is 1. The number of aromatic hydroxyl groups is 1. The van der Waals surface area contributed by atoms with Crippen molar-refractivity contribution in [1.29, 1.82) is 0 Å². The number of hydrogen-bond donors (Lipinski definition) is 2. The SMILES string of the molecule is O=C(/C=C/c1ccc(O)cc1)Nc1ccnc(Cl)c1. The van der Waals surface area contributed by atoms with Crippen LogP contribution in [0.5, 0.6) is 5.75 Å². The third-order valence-corrected chi connectivity index (χ3v) is 2.52. The Morgan fingerprint density at radius 3 is 2.68 bits per heavy atom. The number of benzene rings is 1. The lowest BCUT2D eigenvalue weighted by molar-refractivity contribution is -0.111. The van der Waals surface area contributed by atoms with E-state index < -0.39 is 0 Å². The summed E-state index contributed by atoms with van der Waals surface area (Å²) < 4.78 is 0. The first kappa shape index (κ1) is 13.1. The highest BCUT2D eigenvalue weighted by Crippen LogP contribution is 2.13. The van der Waals surface area contributed by atoms with Crippen LogP contribution in [0.15, 0.2) is 48.7 Å². The van der Waals surface area contributed by atoms with Crippen molar-refractivity contribution in [1.82, 2.24) is 4.98 Å². The van der Waals surface area contributed by atoms with Gasteiger partial charge >= 0.3 is 0 Å². The Bertz CT molecular complexity index is 609. The van der Waals surface area contributed by atoms with Gasteiger partial charge in [0.25, 0.3) is 0 Å². The molecule has 2 N–H and O–H groups in total. The van der Waals surface area contributed by atoms with Gasteiger partial charge in [0.1, 0.15) is 10.9 Å². The van der Waals surface area contributed by atoms with E-state index >= 15 is 0 Å². The number of carbonyl (C=O) groups excluding carboxylic acids is 1. The fourth-order valence-electron chi connectivity index (χ4n) is 1.42. The number of phenols is 1. The number of aromatic nitrogens is 1. The van der Waals surface area contributed by atoms with E-state index in [-0.39, 0.29) is 11.7 Å². The molecule has 19 heavy (non-hydrogen) atoms. The molecule has 1 amide bonds. The molecule has 0 aliphatic rings. The van der Waals surface area contributed by atoms with Crippen molar-refractivity contribution in [3.05, 3.63) is 59.4 Å². The van der Waals surface area contributed by atoms with Crippen molar-refractivity contribution >= 4 is 29.3 Å². The molecule has 0 radical (unpaired) electrons. The summed E-state index contributed by atoms with van der Waals surface area (Å²) in [5.74, 6) is -0.0802. The fourth-order valence-corrected chi connectivity index (χ4v) is 1.60. The van der Waals surface area contributed by atoms with Crippen molar-refractivity contribution < 1.29 is 9.90 Å². The summed E-state index contributed by atoms with van der Waals surface area (Å²) in [7, 11) is 0. The van der Waals surface area contributed by atoms with Crippen LogP contribution in [0.1, 0.15) is 5.56 Å². The second-order valence-electron chi connectivity index (χ2n) is 3.78. The second-order valence-corrected chi connectivity index (χ2v) is 4.17. The van der Waals surface area contributed by atoms with Gasteiger partial charge in [-0.05, 0) is 35.9 Å². The van der Waals surface area contributed by atoms with Gasteiger partial charge in [0.15, 0.2) is 0 Å². The Morgan fingerprint density at radius 1 is 1.26 bits per heavy atom. The predicted octanol–water partition coefficient (Wildman–Crippen LogP) is 3.09. The summed E-state index contributed by atoms with van der Waals surface area (Å²) in [5, 5.41) is 12.1. The second kappa shape index (κ2) is 6.02. The van der Waals surface area contributed by atoms with Crippen molar-refractivity contribution in [3.63, 3.8) is 0 Å². The summed E-state index contributed by atoms with van der Waals surface area (Å²) in [6, 6.07) is 9.75. The van der Waals surface area contributed by atoms with Gasteiger partial charge in [-0.15, -0.1) is 0 Å². The largest absolute Gasteiger partial charge is 0.508 e. The van der Waals surface area contributed by atoms with E-state index in [2.05, 4.69) is 10.3 Å². The summed E-state index contributed by atoms with van der Waals surface area (Å²) in [6.07, 6.45) is 4.57. The highest BCUT2D eigenvalue weighted by atomic mass is 35.5. The molecule has 0 unspecified atom stereocenters. The zero-order chi connectivity index (χ0) is 13.7. The maximum atomic E-state index is 11.7. The van der Waals surface area contributed by atoms with E-state index in [0.717, 1.165) is 5.56 Å². The minimum absolute atomic E-state index is 0.188. The normalized spacial score (nSPS) is 10.6. The van der Waals surface area contributed by atoms with E-state index in [0.29, 0.717) is 10.8 Å². The third kappa shape index (κ3) is 4.12. The van der Waals surface area contributed by atoms with Gasteiger partial charge in [0, 0.05) is 18.0 Å². The number of hydrogen-bond acceptors (Lipinski definition) is 3. The Morgan fingerprint density at radius 2 is 2.00 bits per heavy atom. The fraction of sp³-hybridized carbons (Fsp3) is 0. The Kier molecular flexibility index (Phi) is 4.15. The summed E-state index contributed by atoms with van der Waals surface area (Å²) in [5.41, 5.74) is 1.40. The molecule has 1 aromatic heterocycles. The quantitative estimate of drug-likeness (QED) is 0.668. The first-order valence-corrected chi connectivity index (χ1v) is 5.91. The molecule has 0 saturated carbocycles. The minimum Gasteiger partial charge on any atom is -0.508 e. The van der Waals surface area contributed by atoms with Crippen LogP contribution in [-0.2, 0) is 4.79 Å². The van der Waals surface area contributed by atoms with Crippen LogP contribution < -0.4 is 5.32 Å². The third-order valence-electron chi connectivity index (χ3n) is 2.31. The summed E-state index contributed by atoms with van der Waals surface area (Å²) >= 11 is 5.71. The van der Waals surface area contributed by atoms with Crippen LogP contribution in [0, 0.1) is 0 Å². The topological polar surface area (TPSA) is 62.2 Å². The molecular formula is C14H11ClN2O2. The molecular weight excluding hydrogens is 264 g/mol. The average molecular weight is 275 g/mol. The van der Waals surface area contributed by atoms with Crippen LogP contribution in [0.4, 0.5) is 5.69 Å². The highest BCUT2D eigenvalue weighted by molar-refractivity contribution is 6.29. The molecule has 2 rings (SSSR count). The van der Waals surface area contributed by atoms with Gasteiger partial charge in [0.2, 0.25) is 5.91 Å². The first-order chi connectivity index (χ1) is 9.13. The molecule has 1 aromatic carbocycles. The zero-order valence-corrected chi connectivity index (χ0v) is 10.6. The molecule has 0 aliphatic heterocycles. The average Bonchev–Trinajstić information content (AvgIpc) is 2.38. The van der Waals surface area contributed by atoms with Gasteiger partial charge in [-0.1, -0.05) is 23.7 Å². The first-order valence-electron chi connectivity index (χ1n) is 5.53. The molecule has 1 heterocycles. The van der Waals surface area contributed by atoms with Crippen LogP contribution in [0.3, 0.4) is 0 Å². The number of rotatable bonds is 3. The zero-order valence-electron chi connectivity index (χ0n) is 9.88. The van der Waals surface area contributed by atoms with Crippen LogP contribution in [-0.4, -0.2) is 16.0 Å². The Balaban J connectivity index is 1.99. The van der Waals surface area contributed by atoms with Gasteiger partial charge in [0.05, 0.1) is 0 Å². The number of phenolic OH excluding ortho intramolecular Hbond substituents is 1. The molecule has 0 aliphatic carbocycles. The molecule has 5 heteroatoms. The predicted molar refractivity (Wildman–Crippen MR) is 75.0 cm³/mol. The lowest BCUT2D eigenvalue weighted by atomic mass is 10.2. The molecule has 0 fully saturated rings. The van der Waals surface area contributed by atoms with E-state index in [4.69, 9.17) is 16.7 Å². The van der Waals surface area contributed by atoms with Crippen molar-refractivity contribution in [3.8, 4) is 5.75 Å². The van der Waals surface area contributed by atoms with Crippen LogP contribution in [0.2, 0.25) is 5.15 Å². The monoisotopic (exact) mass is 274 g/mol. The highest BCUT2D eigenvalue weighted by Gasteiger charge is 1.99. The number of halogens is 1. The maximum Gasteiger partial charge on any atom is 0.248 e. The molecule has 0 saturated heterocycles. The smallest absolute Gasteiger partial charge is 0.248 e. The molecule has 0 bridgehead atoms. The number of pyridine rings is 1. The van der Waals surface area contributed by atoms with E-state index in [1.165, 1.54) is 12.3 Å². The molecule has 2 aromatic rings. The Hall–Kier alpha value is -2.33. The van der Waals surface area contributed by atoms with Crippen LogP contribution in [0.25, 0.3) is 6.08 Å². The number of nitrogens with one attached hydrogen (secondary N) is 1. The molecule has 0 atom stereocenters. The van der Waals surface area contributed by atoms with Crippen molar-refractivity contribution in [2.24, 2.45) is 0 Å². The number of anilines is 1. The van der Waals surface area contributed by atoms with Gasteiger partial charge in [-0.2, -0.15) is 0 Å². The summed E-state index contributed by atoms with van der Waals surface area (Å²) in [4.78, 5) is 15.5. The maximum absolute atomic E-state index is 11.7. The lowest BCUT2D eigenvalue weighted by Crippen LogP contribution is -2.07. The van der Waals surface area contributed by atoms with Crippen molar-refractivity contribution in [2.75, 3.05) is 5.32 Å². The molecule has 96 valence electrons. The number of carbonyl (C=O) groups is 1. The van der Waals surface area contributed by atoms with E-state index in [1.807, 2.05) is 0 Å². The van der Waals surface area contributed by atoms with Gasteiger partial charge < -0.3 is 10.4 Å². The molecule has 4 nitrogen and oxygen atoms in total.